The smallest absolute Gasteiger partial charge is 0.408 e. The van der Waals surface area contributed by atoms with Gasteiger partial charge in [-0.2, -0.15) is 0 Å². The summed E-state index contributed by atoms with van der Waals surface area (Å²) >= 11 is 0. The Morgan fingerprint density at radius 3 is 2.36 bits per heavy atom. The summed E-state index contributed by atoms with van der Waals surface area (Å²) in [6.07, 6.45) is 4.97. The number of hydrogen-bond donors (Lipinski definition) is 1. The van der Waals surface area contributed by atoms with Crippen molar-refractivity contribution in [2.45, 2.75) is 57.6 Å². The zero-order valence-corrected chi connectivity index (χ0v) is 24.1. The molecule has 3 aromatic carbocycles. The number of amides is 1. The average Bonchev–Trinajstić information content (AvgIpc) is 3.23. The average molecular weight is 556 g/mol. The van der Waals surface area contributed by atoms with Crippen LogP contribution in [0.4, 0.5) is 10.6 Å². The quantitative estimate of drug-likeness (QED) is 0.244. The molecule has 42 heavy (non-hydrogen) atoms. The lowest BCUT2D eigenvalue weighted by atomic mass is 9.71. The van der Waals surface area contributed by atoms with Crippen molar-refractivity contribution >= 4 is 29.2 Å². The number of ether oxygens (including phenoxy) is 1. The van der Waals surface area contributed by atoms with E-state index in [1.54, 1.807) is 0 Å². The third kappa shape index (κ3) is 4.65. The number of aliphatic imine (C=N–C) groups is 1. The Morgan fingerprint density at radius 1 is 0.905 bits per heavy atom. The Hall–Kier alpha value is -4.78. The first-order chi connectivity index (χ1) is 20.3. The van der Waals surface area contributed by atoms with E-state index in [1.165, 1.54) is 0 Å². The Morgan fingerprint density at radius 2 is 1.64 bits per heavy atom. The van der Waals surface area contributed by atoms with E-state index < -0.39 is 11.1 Å². The maximum absolute atomic E-state index is 12.7. The van der Waals surface area contributed by atoms with Crippen molar-refractivity contribution in [2.24, 2.45) is 4.99 Å². The number of carbonyl (C=O) groups is 1. The molecule has 210 valence electrons. The predicted octanol–water partition coefficient (Wildman–Crippen LogP) is 7.92. The number of rotatable bonds is 4. The zero-order chi connectivity index (χ0) is 28.9. The third-order valence-electron chi connectivity index (χ3n) is 8.08. The summed E-state index contributed by atoms with van der Waals surface area (Å²) in [6, 6.07) is 29.2. The minimum absolute atomic E-state index is 0.380. The molecule has 1 N–H and O–H groups in total. The predicted molar refractivity (Wildman–Crippen MR) is 166 cm³/mol. The number of hydrogen-bond acceptors (Lipinski definition) is 5. The molecule has 1 aliphatic heterocycles. The summed E-state index contributed by atoms with van der Waals surface area (Å²) in [4.78, 5) is 27.5. The van der Waals surface area contributed by atoms with Crippen LogP contribution >= 0.6 is 0 Å². The molecule has 0 bridgehead atoms. The summed E-state index contributed by atoms with van der Waals surface area (Å²) < 4.78 is 7.76. The van der Waals surface area contributed by atoms with Crippen molar-refractivity contribution in [3.8, 4) is 28.1 Å². The highest BCUT2D eigenvalue weighted by Crippen LogP contribution is 2.43. The van der Waals surface area contributed by atoms with Gasteiger partial charge in [-0.3, -0.25) is 4.57 Å². The fraction of sp³-hybridized carbons (Fsp3) is 0.257. The molecule has 1 fully saturated rings. The SMILES string of the molecule is CC(C)(C)OC(=O)NC1(c2ccc(-c3nc4c(cc3-c3ccccc3)-n3c(nc5ccccc53)CC=N4)cc2)CCC1. The molecule has 0 saturated heterocycles. The first-order valence-corrected chi connectivity index (χ1v) is 14.5. The van der Waals surface area contributed by atoms with Gasteiger partial charge in [0.2, 0.25) is 0 Å². The van der Waals surface area contributed by atoms with Crippen LogP contribution < -0.4 is 5.32 Å². The van der Waals surface area contributed by atoms with Gasteiger partial charge in [-0.1, -0.05) is 66.7 Å². The lowest BCUT2D eigenvalue weighted by molar-refractivity contribution is 0.0377. The molecule has 1 saturated carbocycles. The highest BCUT2D eigenvalue weighted by molar-refractivity contribution is 5.88. The van der Waals surface area contributed by atoms with Gasteiger partial charge in [0.1, 0.15) is 11.4 Å². The van der Waals surface area contributed by atoms with Crippen molar-refractivity contribution in [1.82, 2.24) is 19.9 Å². The van der Waals surface area contributed by atoms with Crippen LogP contribution in [0.3, 0.4) is 0 Å². The number of imidazole rings is 1. The number of pyridine rings is 1. The van der Waals surface area contributed by atoms with E-state index in [4.69, 9.17) is 19.7 Å². The highest BCUT2D eigenvalue weighted by atomic mass is 16.6. The van der Waals surface area contributed by atoms with Gasteiger partial charge in [0, 0.05) is 23.8 Å². The van der Waals surface area contributed by atoms with Crippen molar-refractivity contribution in [1.29, 1.82) is 0 Å². The Kier molecular flexibility index (Phi) is 6.19. The molecule has 1 amide bonds. The topological polar surface area (TPSA) is 81.4 Å². The van der Waals surface area contributed by atoms with E-state index in [1.807, 2.05) is 63.4 Å². The first kappa shape index (κ1) is 26.1. The molecule has 7 nitrogen and oxygen atoms in total. The Labute approximate surface area is 245 Å². The normalized spacial score (nSPS) is 15.3. The maximum Gasteiger partial charge on any atom is 0.408 e. The maximum atomic E-state index is 12.7. The van der Waals surface area contributed by atoms with Gasteiger partial charge in [0.05, 0.1) is 28.0 Å². The van der Waals surface area contributed by atoms with E-state index in [0.717, 1.165) is 69.8 Å². The van der Waals surface area contributed by atoms with Crippen LogP contribution in [0.1, 0.15) is 51.4 Å². The number of benzene rings is 3. The second-order valence-electron chi connectivity index (χ2n) is 12.1. The largest absolute Gasteiger partial charge is 0.444 e. The zero-order valence-electron chi connectivity index (χ0n) is 24.1. The molecular weight excluding hydrogens is 522 g/mol. The number of nitrogens with zero attached hydrogens (tertiary/aromatic N) is 4. The Balaban J connectivity index is 1.32. The minimum atomic E-state index is -0.546. The number of nitrogens with one attached hydrogen (secondary N) is 1. The molecule has 1 aliphatic carbocycles. The van der Waals surface area contributed by atoms with Gasteiger partial charge in [0.15, 0.2) is 5.82 Å². The van der Waals surface area contributed by atoms with E-state index >= 15 is 0 Å². The molecule has 0 atom stereocenters. The molecule has 2 aliphatic rings. The van der Waals surface area contributed by atoms with Gasteiger partial charge in [-0.05, 0) is 69.4 Å². The van der Waals surface area contributed by atoms with Gasteiger partial charge in [-0.25, -0.2) is 19.8 Å². The number of carbonyl (C=O) groups excluding carboxylic acids is 1. The molecule has 0 spiro atoms. The number of fused-ring (bicyclic) bond motifs is 5. The van der Waals surface area contributed by atoms with E-state index in [0.29, 0.717) is 12.2 Å². The monoisotopic (exact) mass is 555 g/mol. The van der Waals surface area contributed by atoms with E-state index in [2.05, 4.69) is 58.4 Å². The summed E-state index contributed by atoms with van der Waals surface area (Å²) in [7, 11) is 0. The second-order valence-corrected chi connectivity index (χ2v) is 12.1. The summed E-state index contributed by atoms with van der Waals surface area (Å²) in [5.41, 5.74) is 6.99. The van der Waals surface area contributed by atoms with Crippen LogP contribution in [-0.4, -0.2) is 32.4 Å². The van der Waals surface area contributed by atoms with Crippen molar-refractivity contribution < 1.29 is 9.53 Å². The molecule has 0 unspecified atom stereocenters. The lowest BCUT2D eigenvalue weighted by Gasteiger charge is -2.43. The molecule has 2 aromatic heterocycles. The van der Waals surface area contributed by atoms with Crippen molar-refractivity contribution in [3.63, 3.8) is 0 Å². The molecule has 3 heterocycles. The summed E-state index contributed by atoms with van der Waals surface area (Å²) in [5, 5.41) is 3.16. The van der Waals surface area contributed by atoms with E-state index in [9.17, 15) is 4.79 Å². The van der Waals surface area contributed by atoms with Crippen LogP contribution in [0.5, 0.6) is 0 Å². The molecule has 0 radical (unpaired) electrons. The third-order valence-corrected chi connectivity index (χ3v) is 8.08. The first-order valence-electron chi connectivity index (χ1n) is 14.5. The number of alkyl carbamates (subject to hydrolysis) is 1. The van der Waals surface area contributed by atoms with Crippen LogP contribution in [0.25, 0.3) is 39.1 Å². The van der Waals surface area contributed by atoms with Gasteiger partial charge < -0.3 is 10.1 Å². The summed E-state index contributed by atoms with van der Waals surface area (Å²) in [5.74, 6) is 1.61. The fourth-order valence-corrected chi connectivity index (χ4v) is 5.97. The van der Waals surface area contributed by atoms with Gasteiger partial charge >= 0.3 is 6.09 Å². The fourth-order valence-electron chi connectivity index (χ4n) is 5.97. The lowest BCUT2D eigenvalue weighted by Crippen LogP contribution is -2.52. The van der Waals surface area contributed by atoms with Crippen LogP contribution in [0.2, 0.25) is 0 Å². The number of para-hydroxylation sites is 2. The highest BCUT2D eigenvalue weighted by Gasteiger charge is 2.41. The standard InChI is InChI=1S/C35H33N5O2/c1-34(2,3)42-33(41)39-35(19-9-20-35)25-16-14-24(15-17-25)31-26(23-10-5-4-6-11-23)22-29-32(38-31)36-21-18-30-37-27-12-7-8-13-28(27)40(29)30/h4-8,10-17,21-22H,9,18-20H2,1-3H3,(H,39,41). The number of aromatic nitrogens is 3. The summed E-state index contributed by atoms with van der Waals surface area (Å²) in [6.45, 7) is 5.65. The van der Waals surface area contributed by atoms with Crippen LogP contribution in [0.15, 0.2) is 89.9 Å². The second kappa shape index (κ2) is 9.94. The molecule has 5 aromatic rings. The van der Waals surface area contributed by atoms with Crippen LogP contribution in [-0.2, 0) is 16.7 Å². The molecular formula is C35H33N5O2. The minimum Gasteiger partial charge on any atom is -0.444 e. The van der Waals surface area contributed by atoms with E-state index in [-0.39, 0.29) is 6.09 Å². The Bertz CT molecular complexity index is 1830. The molecule has 7 heteroatoms. The van der Waals surface area contributed by atoms with Crippen molar-refractivity contribution in [2.75, 3.05) is 0 Å². The molecule has 7 rings (SSSR count). The van der Waals surface area contributed by atoms with Gasteiger partial charge in [0.25, 0.3) is 0 Å². The van der Waals surface area contributed by atoms with Crippen LogP contribution in [0, 0.1) is 0 Å². The van der Waals surface area contributed by atoms with Gasteiger partial charge in [-0.15, -0.1) is 0 Å². The van der Waals surface area contributed by atoms with Crippen molar-refractivity contribution in [3.05, 3.63) is 96.3 Å².